The Labute approximate surface area is 270 Å². The highest BCUT2D eigenvalue weighted by Crippen LogP contribution is 2.38. The molecule has 44 heavy (non-hydrogen) atoms. The molecule has 0 spiro atoms. The van der Waals surface area contributed by atoms with E-state index in [1.165, 1.54) is 16.8 Å². The third kappa shape index (κ3) is 5.77. The van der Waals surface area contributed by atoms with Gasteiger partial charge in [0, 0.05) is 37.3 Å². The number of aromatic hydroxyl groups is 1. The molecule has 0 bridgehead atoms. The zero-order valence-corrected chi connectivity index (χ0v) is 26.4. The number of hydrogen-bond acceptors (Lipinski definition) is 4. The molecule has 0 radical (unpaired) electrons. The van der Waals surface area contributed by atoms with Crippen LogP contribution in [0.2, 0.25) is 20.4 Å². The van der Waals surface area contributed by atoms with E-state index in [9.17, 15) is 23.5 Å². The minimum Gasteiger partial charge on any atom is -0.506 e. The van der Waals surface area contributed by atoms with E-state index in [1.54, 1.807) is 14.0 Å². The van der Waals surface area contributed by atoms with E-state index in [0.717, 1.165) is 50.7 Å². The Morgan fingerprint density at radius 1 is 0.705 bits per heavy atom. The standard InChI is InChI=1S/C17H17Cl2FN2O2.C13H11Cl2FN2O2/c18-12-8-13(20)11(7-14(12)24-9-10-3-4-10)15-16(19)21-5-1-2-6-22(21)17(15)23;14-8-6-9(16)7(5-10(8)19)11-12(15)17-3-1-2-4-18(17)13(11)20/h7-8,10H,1-6,9H2;5-6,19H,1-4H2. The molecule has 2 aliphatic heterocycles. The van der Waals surface area contributed by atoms with Crippen LogP contribution in [0.1, 0.15) is 38.5 Å². The van der Waals surface area contributed by atoms with Gasteiger partial charge in [-0.1, -0.05) is 46.4 Å². The van der Waals surface area contributed by atoms with Gasteiger partial charge in [0.2, 0.25) is 0 Å². The van der Waals surface area contributed by atoms with Crippen molar-refractivity contribution in [2.24, 2.45) is 5.92 Å². The molecule has 2 aromatic carbocycles. The van der Waals surface area contributed by atoms with Crippen molar-refractivity contribution >= 4 is 46.4 Å². The van der Waals surface area contributed by atoms with Crippen LogP contribution in [0.4, 0.5) is 8.78 Å². The molecule has 0 amide bonds. The molecule has 2 aromatic heterocycles. The maximum Gasteiger partial charge on any atom is 0.276 e. The van der Waals surface area contributed by atoms with Crippen molar-refractivity contribution in [1.29, 1.82) is 0 Å². The molecule has 1 aliphatic carbocycles. The van der Waals surface area contributed by atoms with E-state index >= 15 is 0 Å². The average molecular weight is 688 g/mol. The van der Waals surface area contributed by atoms with E-state index in [2.05, 4.69) is 0 Å². The minimum atomic E-state index is -0.685. The number of halogens is 6. The fourth-order valence-corrected chi connectivity index (χ4v) is 6.63. The Hall–Kier alpha value is -2.92. The van der Waals surface area contributed by atoms with Gasteiger partial charge in [0.05, 0.1) is 27.8 Å². The molecule has 3 aliphatic rings. The molecule has 1 fully saturated rings. The highest BCUT2D eigenvalue weighted by molar-refractivity contribution is 6.34. The van der Waals surface area contributed by atoms with Gasteiger partial charge in [-0.25, -0.2) is 18.1 Å². The maximum absolute atomic E-state index is 14.5. The van der Waals surface area contributed by atoms with Gasteiger partial charge < -0.3 is 9.84 Å². The molecule has 234 valence electrons. The molecule has 1 saturated carbocycles. The monoisotopic (exact) mass is 686 g/mol. The third-order valence-electron chi connectivity index (χ3n) is 8.09. The summed E-state index contributed by atoms with van der Waals surface area (Å²) in [4.78, 5) is 25.0. The van der Waals surface area contributed by atoms with E-state index in [-0.39, 0.29) is 59.5 Å². The van der Waals surface area contributed by atoms with Gasteiger partial charge in [-0.05, 0) is 68.7 Å². The highest BCUT2D eigenvalue weighted by Gasteiger charge is 2.27. The van der Waals surface area contributed by atoms with Gasteiger partial charge in [0.25, 0.3) is 11.1 Å². The lowest BCUT2D eigenvalue weighted by Gasteiger charge is -2.17. The predicted molar refractivity (Wildman–Crippen MR) is 167 cm³/mol. The summed E-state index contributed by atoms with van der Waals surface area (Å²) in [6, 6.07) is 4.79. The van der Waals surface area contributed by atoms with Crippen molar-refractivity contribution in [3.05, 3.63) is 77.0 Å². The van der Waals surface area contributed by atoms with Gasteiger partial charge in [-0.3, -0.25) is 19.0 Å². The van der Waals surface area contributed by atoms with Crippen molar-refractivity contribution in [2.75, 3.05) is 6.61 Å². The lowest BCUT2D eigenvalue weighted by molar-refractivity contribution is 0.299. The van der Waals surface area contributed by atoms with Crippen LogP contribution in [-0.4, -0.2) is 30.4 Å². The van der Waals surface area contributed by atoms with Crippen LogP contribution in [0, 0.1) is 17.6 Å². The van der Waals surface area contributed by atoms with Crippen molar-refractivity contribution in [1.82, 2.24) is 18.7 Å². The zero-order chi connectivity index (χ0) is 31.3. The molecule has 4 heterocycles. The smallest absolute Gasteiger partial charge is 0.276 e. The summed E-state index contributed by atoms with van der Waals surface area (Å²) in [5, 5.41) is 10.2. The second-order valence-corrected chi connectivity index (χ2v) is 12.7. The molecule has 0 unspecified atom stereocenters. The molecule has 0 saturated heterocycles. The summed E-state index contributed by atoms with van der Waals surface area (Å²) in [6.07, 6.45) is 5.95. The van der Waals surface area contributed by atoms with Crippen molar-refractivity contribution in [3.63, 3.8) is 0 Å². The van der Waals surface area contributed by atoms with Crippen LogP contribution < -0.4 is 15.9 Å². The molecule has 4 aromatic rings. The molecule has 14 heteroatoms. The number of ether oxygens (including phenoxy) is 1. The lowest BCUT2D eigenvalue weighted by atomic mass is 10.1. The number of benzene rings is 2. The summed E-state index contributed by atoms with van der Waals surface area (Å²) in [6.45, 7) is 2.99. The number of phenolic OH excluding ortho intramolecular Hbond substituents is 1. The molecular formula is C30H28Cl4F2N4O4. The number of hydrogen-bond donors (Lipinski definition) is 1. The minimum absolute atomic E-state index is 0.0312. The summed E-state index contributed by atoms with van der Waals surface area (Å²) >= 11 is 24.3. The summed E-state index contributed by atoms with van der Waals surface area (Å²) in [5.74, 6) is -0.598. The van der Waals surface area contributed by atoms with Crippen LogP contribution in [0.15, 0.2) is 33.9 Å². The first-order chi connectivity index (χ1) is 21.1. The van der Waals surface area contributed by atoms with Crippen molar-refractivity contribution < 1.29 is 18.6 Å². The van der Waals surface area contributed by atoms with Crippen LogP contribution in [-0.2, 0) is 26.2 Å². The second-order valence-electron chi connectivity index (χ2n) is 11.1. The Balaban J connectivity index is 0.000000159. The van der Waals surface area contributed by atoms with Gasteiger partial charge in [0.1, 0.15) is 33.4 Å². The average Bonchev–Trinajstić information content (AvgIpc) is 3.76. The third-order valence-corrected chi connectivity index (χ3v) is 9.46. The molecule has 0 atom stereocenters. The van der Waals surface area contributed by atoms with E-state index < -0.39 is 11.6 Å². The SMILES string of the molecule is O=c1c(-c2cc(O)c(Cl)cc2F)c(Cl)n2n1CCCC2.O=c1c(-c2cc(OCC3CC3)c(Cl)cc2F)c(Cl)n2n1CCCC2. The first-order valence-corrected chi connectivity index (χ1v) is 15.9. The van der Waals surface area contributed by atoms with Crippen LogP contribution >= 0.6 is 46.4 Å². The number of rotatable bonds is 5. The Kier molecular flexibility index (Phi) is 8.80. The van der Waals surface area contributed by atoms with E-state index in [1.807, 2.05) is 0 Å². The largest absolute Gasteiger partial charge is 0.506 e. The summed E-state index contributed by atoms with van der Waals surface area (Å²) < 4.78 is 40.7. The molecule has 7 rings (SSSR count). The Morgan fingerprint density at radius 3 is 1.64 bits per heavy atom. The van der Waals surface area contributed by atoms with Crippen LogP contribution in [0.3, 0.4) is 0 Å². The van der Waals surface area contributed by atoms with Gasteiger partial charge in [-0.2, -0.15) is 0 Å². The second kappa shape index (κ2) is 12.5. The maximum atomic E-state index is 14.5. The lowest BCUT2D eigenvalue weighted by Crippen LogP contribution is -2.27. The number of nitrogens with zero attached hydrogens (tertiary/aromatic N) is 4. The number of fused-ring (bicyclic) bond motifs is 2. The van der Waals surface area contributed by atoms with Gasteiger partial charge in [-0.15, -0.1) is 0 Å². The zero-order valence-electron chi connectivity index (χ0n) is 23.4. The van der Waals surface area contributed by atoms with Crippen molar-refractivity contribution in [3.8, 4) is 33.8 Å². The molecule has 8 nitrogen and oxygen atoms in total. The molecule has 1 N–H and O–H groups in total. The van der Waals surface area contributed by atoms with Crippen molar-refractivity contribution in [2.45, 2.75) is 64.7 Å². The molecular weight excluding hydrogens is 660 g/mol. The van der Waals surface area contributed by atoms with Crippen LogP contribution in [0.5, 0.6) is 11.5 Å². The quantitative estimate of drug-likeness (QED) is 0.234. The van der Waals surface area contributed by atoms with Gasteiger partial charge in [0.15, 0.2) is 0 Å². The predicted octanol–water partition coefficient (Wildman–Crippen LogP) is 7.61. The first-order valence-electron chi connectivity index (χ1n) is 14.4. The summed E-state index contributed by atoms with van der Waals surface area (Å²) in [5.41, 5.74) is -0.252. The normalized spacial score (nSPS) is 15.8. The van der Waals surface area contributed by atoms with E-state index in [4.69, 9.17) is 51.1 Å². The van der Waals surface area contributed by atoms with Gasteiger partial charge >= 0.3 is 0 Å². The number of aromatic nitrogens is 4. The fourth-order valence-electron chi connectivity index (χ4n) is 5.56. The topological polar surface area (TPSA) is 83.3 Å². The van der Waals surface area contributed by atoms with Crippen LogP contribution in [0.25, 0.3) is 22.3 Å². The highest BCUT2D eigenvalue weighted by atomic mass is 35.5. The number of phenols is 1. The van der Waals surface area contributed by atoms with E-state index in [0.29, 0.717) is 44.5 Å². The summed E-state index contributed by atoms with van der Waals surface area (Å²) in [7, 11) is 0. The Morgan fingerprint density at radius 2 is 1.16 bits per heavy atom. The fraction of sp³-hybridized carbons (Fsp3) is 0.400. The Bertz CT molecular complexity index is 1880. The first kappa shape index (κ1) is 31.1.